The summed E-state index contributed by atoms with van der Waals surface area (Å²) >= 11 is 8.03. The zero-order valence-electron chi connectivity index (χ0n) is 10.1. The van der Waals surface area contributed by atoms with Crippen LogP contribution in [0.15, 0.2) is 24.3 Å². The number of anilines is 1. The molecular weight excluding hydrogens is 266 g/mol. The van der Waals surface area contributed by atoms with Gasteiger partial charge in [-0.1, -0.05) is 19.1 Å². The molecule has 0 saturated carbocycles. The fraction of sp³-hybridized carbons (Fsp3) is 0.385. The van der Waals surface area contributed by atoms with Gasteiger partial charge in [0, 0.05) is 29.5 Å². The second-order valence-electron chi connectivity index (χ2n) is 4.46. The smallest absolute Gasteiger partial charge is 0.224 e. The molecule has 0 aliphatic carbocycles. The van der Waals surface area contributed by atoms with Crippen molar-refractivity contribution in [3.8, 4) is 0 Å². The fourth-order valence-corrected chi connectivity index (χ4v) is 3.47. The summed E-state index contributed by atoms with van der Waals surface area (Å²) in [4.78, 5) is 11.0. The molecule has 0 radical (unpaired) electrons. The third-order valence-corrected chi connectivity index (χ3v) is 4.40. The first-order valence-electron chi connectivity index (χ1n) is 6.03. The maximum atomic E-state index is 6.03. The van der Waals surface area contributed by atoms with Gasteiger partial charge in [0.15, 0.2) is 0 Å². The molecule has 0 spiro atoms. The van der Waals surface area contributed by atoms with Crippen LogP contribution in [0.1, 0.15) is 6.92 Å². The lowest BCUT2D eigenvalue weighted by Crippen LogP contribution is -2.37. The Morgan fingerprint density at radius 3 is 3.00 bits per heavy atom. The minimum atomic E-state index is 0.328. The fourth-order valence-electron chi connectivity index (χ4n) is 2.28. The van der Waals surface area contributed by atoms with Crippen molar-refractivity contribution in [2.75, 3.05) is 23.7 Å². The summed E-state index contributed by atoms with van der Waals surface area (Å²) in [7, 11) is 0. The third kappa shape index (κ3) is 2.27. The summed E-state index contributed by atoms with van der Waals surface area (Å²) in [6.45, 7) is 4.29. The summed E-state index contributed by atoms with van der Waals surface area (Å²) in [5.74, 6) is 2.11. The van der Waals surface area contributed by atoms with Crippen molar-refractivity contribution in [1.82, 2.24) is 9.97 Å². The van der Waals surface area contributed by atoms with Gasteiger partial charge >= 0.3 is 0 Å². The third-order valence-electron chi connectivity index (χ3n) is 3.10. The molecule has 0 amide bonds. The van der Waals surface area contributed by atoms with Crippen LogP contribution >= 0.6 is 23.4 Å². The Hall–Kier alpha value is -1.00. The molecule has 1 fully saturated rings. The zero-order chi connectivity index (χ0) is 12.5. The summed E-state index contributed by atoms with van der Waals surface area (Å²) in [5.41, 5.74) is 0.915. The standard InChI is InChI=1S/C13H14ClN3S/c1-9-8-17(6-7-18-9)12-10-4-2-3-5-11(10)15-13(14)16-12/h2-5,9H,6-8H2,1H3. The monoisotopic (exact) mass is 279 g/mol. The molecule has 1 atom stereocenters. The van der Waals surface area contributed by atoms with Crippen molar-refractivity contribution in [3.05, 3.63) is 29.5 Å². The van der Waals surface area contributed by atoms with Crippen LogP contribution in [0.2, 0.25) is 5.28 Å². The SMILES string of the molecule is CC1CN(c2nc(Cl)nc3ccccc23)CCS1. The highest BCUT2D eigenvalue weighted by molar-refractivity contribution is 8.00. The molecule has 1 saturated heterocycles. The lowest BCUT2D eigenvalue weighted by atomic mass is 10.2. The van der Waals surface area contributed by atoms with E-state index in [-0.39, 0.29) is 0 Å². The van der Waals surface area contributed by atoms with Gasteiger partial charge < -0.3 is 4.90 Å². The molecular formula is C13H14ClN3S. The first-order chi connectivity index (χ1) is 8.74. The minimum Gasteiger partial charge on any atom is -0.354 e. The van der Waals surface area contributed by atoms with E-state index in [1.54, 1.807) is 0 Å². The molecule has 94 valence electrons. The number of fused-ring (bicyclic) bond motifs is 1. The van der Waals surface area contributed by atoms with Crippen molar-refractivity contribution < 1.29 is 0 Å². The maximum Gasteiger partial charge on any atom is 0.224 e. The highest BCUT2D eigenvalue weighted by atomic mass is 35.5. The Balaban J connectivity index is 2.09. The van der Waals surface area contributed by atoms with Crippen molar-refractivity contribution >= 4 is 40.1 Å². The second-order valence-corrected chi connectivity index (χ2v) is 6.35. The van der Waals surface area contributed by atoms with E-state index in [0.717, 1.165) is 35.6 Å². The highest BCUT2D eigenvalue weighted by Crippen LogP contribution is 2.29. The number of aromatic nitrogens is 2. The number of thioether (sulfide) groups is 1. The lowest BCUT2D eigenvalue weighted by molar-refractivity contribution is 0.772. The highest BCUT2D eigenvalue weighted by Gasteiger charge is 2.20. The Kier molecular flexibility index (Phi) is 3.31. The Bertz CT molecular complexity index is 575. The molecule has 1 aromatic heterocycles. The average Bonchev–Trinajstić information content (AvgIpc) is 2.37. The summed E-state index contributed by atoms with van der Waals surface area (Å²) in [6, 6.07) is 8.04. The Labute approximate surface area is 116 Å². The van der Waals surface area contributed by atoms with Crippen molar-refractivity contribution in [2.45, 2.75) is 12.2 Å². The molecule has 5 heteroatoms. The number of rotatable bonds is 1. The molecule has 2 heterocycles. The number of hydrogen-bond donors (Lipinski definition) is 0. The van der Waals surface area contributed by atoms with Crippen LogP contribution in [-0.2, 0) is 0 Å². The van der Waals surface area contributed by atoms with Crippen LogP contribution in [0.5, 0.6) is 0 Å². The van der Waals surface area contributed by atoms with Crippen LogP contribution in [0.4, 0.5) is 5.82 Å². The first-order valence-corrected chi connectivity index (χ1v) is 7.45. The van der Waals surface area contributed by atoms with Gasteiger partial charge in [-0.25, -0.2) is 4.98 Å². The molecule has 0 N–H and O–H groups in total. The van der Waals surface area contributed by atoms with E-state index in [4.69, 9.17) is 11.6 Å². The van der Waals surface area contributed by atoms with Crippen LogP contribution in [0, 0.1) is 0 Å². The summed E-state index contributed by atoms with van der Waals surface area (Å²) < 4.78 is 0. The van der Waals surface area contributed by atoms with Gasteiger partial charge in [-0.05, 0) is 23.7 Å². The van der Waals surface area contributed by atoms with Gasteiger partial charge in [0.1, 0.15) is 5.82 Å². The van der Waals surface area contributed by atoms with Crippen molar-refractivity contribution in [1.29, 1.82) is 0 Å². The predicted octanol–water partition coefficient (Wildman–Crippen LogP) is 3.22. The van der Waals surface area contributed by atoms with Crippen LogP contribution in [-0.4, -0.2) is 34.1 Å². The van der Waals surface area contributed by atoms with Crippen LogP contribution in [0.3, 0.4) is 0 Å². The quantitative estimate of drug-likeness (QED) is 0.750. The molecule has 3 rings (SSSR count). The van der Waals surface area contributed by atoms with Gasteiger partial charge in [0.2, 0.25) is 5.28 Å². The minimum absolute atomic E-state index is 0.328. The van der Waals surface area contributed by atoms with Gasteiger partial charge in [0.05, 0.1) is 5.52 Å². The normalized spacial score (nSPS) is 20.3. The second kappa shape index (κ2) is 4.94. The molecule has 18 heavy (non-hydrogen) atoms. The van der Waals surface area contributed by atoms with Gasteiger partial charge in [-0.2, -0.15) is 16.7 Å². The molecule has 1 aliphatic rings. The number of para-hydroxylation sites is 1. The van der Waals surface area contributed by atoms with E-state index in [0.29, 0.717) is 10.5 Å². The molecule has 1 unspecified atom stereocenters. The zero-order valence-corrected chi connectivity index (χ0v) is 11.7. The maximum absolute atomic E-state index is 6.03. The van der Waals surface area contributed by atoms with Crippen molar-refractivity contribution in [3.63, 3.8) is 0 Å². The predicted molar refractivity (Wildman–Crippen MR) is 78.7 cm³/mol. The molecule has 0 bridgehead atoms. The van der Waals surface area contributed by atoms with E-state index in [2.05, 4.69) is 27.9 Å². The van der Waals surface area contributed by atoms with Gasteiger partial charge in [-0.15, -0.1) is 0 Å². The van der Waals surface area contributed by atoms with E-state index in [1.165, 1.54) is 0 Å². The average molecular weight is 280 g/mol. The number of hydrogen-bond acceptors (Lipinski definition) is 4. The van der Waals surface area contributed by atoms with Crippen LogP contribution in [0.25, 0.3) is 10.9 Å². The lowest BCUT2D eigenvalue weighted by Gasteiger charge is -2.32. The first kappa shape index (κ1) is 12.1. The molecule has 1 aliphatic heterocycles. The summed E-state index contributed by atoms with van der Waals surface area (Å²) in [6.07, 6.45) is 0. The topological polar surface area (TPSA) is 29.0 Å². The van der Waals surface area contributed by atoms with Gasteiger partial charge in [0.25, 0.3) is 0 Å². The molecule has 3 nitrogen and oxygen atoms in total. The molecule has 1 aromatic carbocycles. The van der Waals surface area contributed by atoms with E-state index < -0.39 is 0 Å². The van der Waals surface area contributed by atoms with Crippen LogP contribution < -0.4 is 4.90 Å². The van der Waals surface area contributed by atoms with E-state index in [1.807, 2.05) is 30.0 Å². The summed E-state index contributed by atoms with van der Waals surface area (Å²) in [5, 5.41) is 2.04. The van der Waals surface area contributed by atoms with E-state index in [9.17, 15) is 0 Å². The number of halogens is 1. The Morgan fingerprint density at radius 2 is 2.17 bits per heavy atom. The number of benzene rings is 1. The molecule has 2 aromatic rings. The van der Waals surface area contributed by atoms with Crippen molar-refractivity contribution in [2.24, 2.45) is 0 Å². The van der Waals surface area contributed by atoms with Gasteiger partial charge in [-0.3, -0.25) is 0 Å². The van der Waals surface area contributed by atoms with E-state index >= 15 is 0 Å². The Morgan fingerprint density at radius 1 is 1.33 bits per heavy atom. The number of nitrogens with zero attached hydrogens (tertiary/aromatic N) is 3. The largest absolute Gasteiger partial charge is 0.354 e.